The van der Waals surface area contributed by atoms with E-state index in [0.717, 1.165) is 22.6 Å². The lowest BCUT2D eigenvalue weighted by atomic mass is 9.99. The summed E-state index contributed by atoms with van der Waals surface area (Å²) in [6.45, 7) is 2.48. The van der Waals surface area contributed by atoms with Gasteiger partial charge in [0.05, 0.1) is 30.7 Å². The van der Waals surface area contributed by atoms with Crippen molar-refractivity contribution in [2.75, 3.05) is 32.6 Å². The van der Waals surface area contributed by atoms with E-state index < -0.39 is 15.9 Å². The second-order valence-electron chi connectivity index (χ2n) is 8.09. The third-order valence-electron chi connectivity index (χ3n) is 5.88. The fraction of sp³-hybridized carbons (Fsp3) is 0.333. The highest BCUT2D eigenvalue weighted by Crippen LogP contribution is 2.30. The molecule has 4 rings (SSSR count). The van der Waals surface area contributed by atoms with Crippen LogP contribution in [0, 0.1) is 12.8 Å². The van der Waals surface area contributed by atoms with Gasteiger partial charge < -0.3 is 14.8 Å². The third-order valence-corrected chi connectivity index (χ3v) is 8.51. The summed E-state index contributed by atoms with van der Waals surface area (Å²) in [5.74, 6) is 0.722. The lowest BCUT2D eigenvalue weighted by Gasteiger charge is -2.31. The smallest absolute Gasteiger partial charge is 0.243 e. The highest BCUT2D eigenvalue weighted by Gasteiger charge is 2.33. The Morgan fingerprint density at radius 3 is 2.59 bits per heavy atom. The number of rotatable bonds is 7. The number of carbonyl (C=O) groups is 1. The van der Waals surface area contributed by atoms with Crippen LogP contribution in [0.4, 0.5) is 5.13 Å². The molecule has 34 heavy (non-hydrogen) atoms. The highest BCUT2D eigenvalue weighted by molar-refractivity contribution is 7.89. The van der Waals surface area contributed by atoms with Crippen molar-refractivity contribution in [3.63, 3.8) is 0 Å². The molecule has 1 N–H and O–H groups in total. The first-order valence-corrected chi connectivity index (χ1v) is 13.2. The highest BCUT2D eigenvalue weighted by atomic mass is 32.2. The Kier molecular flexibility index (Phi) is 7.20. The van der Waals surface area contributed by atoms with Crippen LogP contribution in [0.15, 0.2) is 52.7 Å². The maximum atomic E-state index is 13.1. The second kappa shape index (κ2) is 10.1. The van der Waals surface area contributed by atoms with E-state index in [0.29, 0.717) is 30.3 Å². The molecule has 1 aliphatic rings. The van der Waals surface area contributed by atoms with E-state index in [2.05, 4.69) is 10.3 Å². The molecule has 2 heterocycles. The molecule has 2 aromatic carbocycles. The van der Waals surface area contributed by atoms with Crippen LogP contribution in [-0.2, 0) is 14.8 Å². The summed E-state index contributed by atoms with van der Waals surface area (Å²) in [5.41, 5.74) is 2.70. The molecular formula is C24H27N3O5S2. The average Bonchev–Trinajstić information content (AvgIpc) is 3.32. The molecule has 0 aliphatic carbocycles. The average molecular weight is 502 g/mol. The molecular weight excluding hydrogens is 474 g/mol. The Morgan fingerprint density at radius 2 is 1.91 bits per heavy atom. The number of amides is 1. The summed E-state index contributed by atoms with van der Waals surface area (Å²) in [7, 11) is -0.533. The Balaban J connectivity index is 1.43. The number of carbonyl (C=O) groups excluding carboxylic acids is 1. The predicted octanol–water partition coefficient (Wildman–Crippen LogP) is 4.18. The van der Waals surface area contributed by atoms with E-state index in [1.54, 1.807) is 19.2 Å². The van der Waals surface area contributed by atoms with E-state index in [-0.39, 0.29) is 17.3 Å². The first-order chi connectivity index (χ1) is 16.3. The van der Waals surface area contributed by atoms with Crippen molar-refractivity contribution in [3.05, 3.63) is 53.4 Å². The van der Waals surface area contributed by atoms with Gasteiger partial charge in [0.1, 0.15) is 11.5 Å². The number of aryl methyl sites for hydroxylation is 1. The van der Waals surface area contributed by atoms with Crippen molar-refractivity contribution in [1.29, 1.82) is 0 Å². The van der Waals surface area contributed by atoms with Gasteiger partial charge in [-0.2, -0.15) is 4.31 Å². The Bertz CT molecular complexity index is 1270. The summed E-state index contributed by atoms with van der Waals surface area (Å²) in [6, 6.07) is 12.1. The van der Waals surface area contributed by atoms with Crippen LogP contribution in [0.2, 0.25) is 0 Å². The molecule has 1 aliphatic heterocycles. The van der Waals surface area contributed by atoms with Crippen LogP contribution in [0.25, 0.3) is 11.3 Å². The van der Waals surface area contributed by atoms with Gasteiger partial charge in [-0.25, -0.2) is 13.4 Å². The zero-order chi connectivity index (χ0) is 24.3. The monoisotopic (exact) mass is 501 g/mol. The third kappa shape index (κ3) is 5.08. The molecule has 180 valence electrons. The minimum absolute atomic E-state index is 0.135. The molecule has 1 atom stereocenters. The number of nitrogens with zero attached hydrogens (tertiary/aromatic N) is 2. The molecule has 1 unspecified atom stereocenters. The van der Waals surface area contributed by atoms with Gasteiger partial charge in [0.2, 0.25) is 15.9 Å². The van der Waals surface area contributed by atoms with E-state index in [9.17, 15) is 13.2 Å². The maximum Gasteiger partial charge on any atom is 0.243 e. The van der Waals surface area contributed by atoms with E-state index in [1.807, 2.05) is 30.5 Å². The van der Waals surface area contributed by atoms with Crippen molar-refractivity contribution in [1.82, 2.24) is 9.29 Å². The fourth-order valence-electron chi connectivity index (χ4n) is 3.98. The van der Waals surface area contributed by atoms with Gasteiger partial charge in [-0.1, -0.05) is 0 Å². The van der Waals surface area contributed by atoms with Crippen LogP contribution in [0.1, 0.15) is 18.4 Å². The normalized spacial score (nSPS) is 16.7. The van der Waals surface area contributed by atoms with Crippen molar-refractivity contribution >= 4 is 32.4 Å². The number of hydrogen-bond acceptors (Lipinski definition) is 7. The van der Waals surface area contributed by atoms with Crippen molar-refractivity contribution in [3.8, 4) is 22.8 Å². The molecule has 8 nitrogen and oxygen atoms in total. The summed E-state index contributed by atoms with van der Waals surface area (Å²) >= 11 is 1.34. The zero-order valence-electron chi connectivity index (χ0n) is 19.3. The number of sulfonamides is 1. The number of benzene rings is 2. The number of hydrogen-bond donors (Lipinski definition) is 1. The van der Waals surface area contributed by atoms with Crippen molar-refractivity contribution in [2.45, 2.75) is 24.7 Å². The van der Waals surface area contributed by atoms with E-state index >= 15 is 0 Å². The number of ether oxygens (including phenoxy) is 2. The van der Waals surface area contributed by atoms with E-state index in [4.69, 9.17) is 9.47 Å². The van der Waals surface area contributed by atoms with Gasteiger partial charge >= 0.3 is 0 Å². The molecule has 10 heteroatoms. The van der Waals surface area contributed by atoms with Gasteiger partial charge in [-0.3, -0.25) is 4.79 Å². The zero-order valence-corrected chi connectivity index (χ0v) is 20.9. The van der Waals surface area contributed by atoms with Crippen LogP contribution < -0.4 is 14.8 Å². The Labute approximate surface area is 203 Å². The number of anilines is 1. The van der Waals surface area contributed by atoms with Crippen molar-refractivity contribution < 1.29 is 22.7 Å². The fourth-order valence-corrected chi connectivity index (χ4v) is 6.23. The van der Waals surface area contributed by atoms with Gasteiger partial charge in [0.15, 0.2) is 5.13 Å². The second-order valence-corrected chi connectivity index (χ2v) is 10.9. The number of thiazole rings is 1. The van der Waals surface area contributed by atoms with Crippen LogP contribution in [0.3, 0.4) is 0 Å². The first-order valence-electron chi connectivity index (χ1n) is 10.9. The summed E-state index contributed by atoms with van der Waals surface area (Å²) < 4.78 is 38.0. The topological polar surface area (TPSA) is 97.8 Å². The molecule has 0 saturated carbocycles. The van der Waals surface area contributed by atoms with Crippen LogP contribution in [0.5, 0.6) is 11.5 Å². The van der Waals surface area contributed by atoms with Crippen LogP contribution in [-0.4, -0.2) is 50.9 Å². The van der Waals surface area contributed by atoms with Gasteiger partial charge in [-0.05, 0) is 67.8 Å². The molecule has 0 spiro atoms. The summed E-state index contributed by atoms with van der Waals surface area (Å²) in [5, 5.41) is 5.25. The summed E-state index contributed by atoms with van der Waals surface area (Å²) in [6.07, 6.45) is 1.23. The standard InChI is InChI=1S/C24H27N3O5S2/c1-16-13-17(6-11-22(16)32-3)21-15-33-24(25-21)26-23(28)18-5-4-12-27(14-18)34(29,30)20-9-7-19(31-2)8-10-20/h6-11,13,15,18H,4-5,12,14H2,1-3H3,(H,25,26,28). The maximum absolute atomic E-state index is 13.1. The first kappa shape index (κ1) is 24.2. The van der Waals surface area contributed by atoms with Gasteiger partial charge in [-0.15, -0.1) is 11.3 Å². The van der Waals surface area contributed by atoms with Crippen molar-refractivity contribution in [2.24, 2.45) is 5.92 Å². The lowest BCUT2D eigenvalue weighted by molar-refractivity contribution is -0.120. The van der Waals surface area contributed by atoms with Gasteiger partial charge in [0.25, 0.3) is 0 Å². The number of aromatic nitrogens is 1. The molecule has 1 aromatic heterocycles. The SMILES string of the molecule is COc1ccc(S(=O)(=O)N2CCCC(C(=O)Nc3nc(-c4ccc(OC)c(C)c4)cs3)C2)cc1. The molecule has 0 bridgehead atoms. The molecule has 1 saturated heterocycles. The number of nitrogens with one attached hydrogen (secondary N) is 1. The Morgan fingerprint density at radius 1 is 1.15 bits per heavy atom. The minimum atomic E-state index is -3.69. The molecule has 0 radical (unpaired) electrons. The molecule has 3 aromatic rings. The minimum Gasteiger partial charge on any atom is -0.497 e. The predicted molar refractivity (Wildman–Crippen MR) is 132 cm³/mol. The molecule has 1 amide bonds. The lowest BCUT2D eigenvalue weighted by Crippen LogP contribution is -2.43. The van der Waals surface area contributed by atoms with E-state index in [1.165, 1.54) is 34.9 Å². The molecule has 1 fully saturated rings. The quantitative estimate of drug-likeness (QED) is 0.522. The summed E-state index contributed by atoms with van der Waals surface area (Å²) in [4.78, 5) is 17.7. The van der Waals surface area contributed by atoms with Gasteiger partial charge in [0, 0.05) is 24.0 Å². The Hall–Kier alpha value is -2.95. The van der Waals surface area contributed by atoms with Crippen LogP contribution >= 0.6 is 11.3 Å². The number of methoxy groups -OCH3 is 2. The largest absolute Gasteiger partial charge is 0.497 e. The number of piperidine rings is 1.